The van der Waals surface area contributed by atoms with Crippen molar-refractivity contribution in [3.63, 3.8) is 0 Å². The summed E-state index contributed by atoms with van der Waals surface area (Å²) in [4.78, 5) is 51.8. The van der Waals surface area contributed by atoms with Crippen molar-refractivity contribution in [3.8, 4) is 22.7 Å². The number of methoxy groups -OCH3 is 1. The quantitative estimate of drug-likeness (QED) is 0.173. The Labute approximate surface area is 287 Å². The molecule has 2 aromatic heterocycles. The molecule has 1 saturated heterocycles. The predicted molar refractivity (Wildman–Crippen MR) is 194 cm³/mol. The average Bonchev–Trinajstić information content (AvgIpc) is 3.87. The van der Waals surface area contributed by atoms with Gasteiger partial charge in [-0.25, -0.2) is 14.7 Å². The average molecular weight is 694 g/mol. The largest absolute Gasteiger partial charge is 0.497 e. The summed E-state index contributed by atoms with van der Waals surface area (Å²) in [5.41, 5.74) is 3.59. The predicted octanol–water partition coefficient (Wildman–Crippen LogP) is 6.71. The van der Waals surface area contributed by atoms with Gasteiger partial charge in [-0.15, -0.1) is 11.3 Å². The molecule has 14 heteroatoms. The van der Waals surface area contributed by atoms with Gasteiger partial charge in [0.05, 0.1) is 35.4 Å². The standard InChI is InChI=1S/C34H27N7O4S3/c1-20-27(30(43)41(38(20)3)24-13-9-6-10-14-24)26-19-46-33(35-26)36-34-39(22-11-7-5-8-12-22)31(44)28(47-34)32-40(37-29(48-32)21(2)42)23-15-17-25(45-4)18-16-23/h5-19H,1-4H3/b32-28+,36-34+. The summed E-state index contributed by atoms with van der Waals surface area (Å²) < 4.78 is 8.73. The number of amidine groups is 1. The number of Topliss-reactive ketones (excluding diaryl/α,β-unsaturated/α-hetero) is 1. The number of carbonyl (C=O) groups is 2. The van der Waals surface area contributed by atoms with Crippen molar-refractivity contribution in [2.24, 2.45) is 17.1 Å². The molecule has 7 rings (SSSR count). The first-order chi connectivity index (χ1) is 23.2. The molecule has 2 aliphatic heterocycles. The lowest BCUT2D eigenvalue weighted by Crippen LogP contribution is -2.29. The summed E-state index contributed by atoms with van der Waals surface area (Å²) in [5.74, 6) is 0.141. The number of aliphatic imine (C=N–C) groups is 1. The zero-order chi connectivity index (χ0) is 33.5. The van der Waals surface area contributed by atoms with E-state index >= 15 is 0 Å². The number of amides is 1. The number of ketones is 1. The second-order valence-electron chi connectivity index (χ2n) is 10.6. The fourth-order valence-corrected chi connectivity index (χ4v) is 8.03. The molecule has 4 heterocycles. The summed E-state index contributed by atoms with van der Waals surface area (Å²) >= 11 is 3.60. The van der Waals surface area contributed by atoms with E-state index in [0.29, 0.717) is 48.6 Å². The van der Waals surface area contributed by atoms with Gasteiger partial charge in [0.2, 0.25) is 5.13 Å². The number of anilines is 2. The maximum absolute atomic E-state index is 14.2. The Morgan fingerprint density at radius 1 is 0.875 bits per heavy atom. The number of thiazole rings is 1. The maximum atomic E-state index is 14.2. The van der Waals surface area contributed by atoms with Crippen LogP contribution in [0.5, 0.6) is 5.75 Å². The third-order valence-corrected chi connectivity index (χ3v) is 10.7. The molecule has 0 radical (unpaired) electrons. The second kappa shape index (κ2) is 12.8. The lowest BCUT2D eigenvalue weighted by atomic mass is 10.2. The second-order valence-corrected chi connectivity index (χ2v) is 13.4. The molecule has 240 valence electrons. The van der Waals surface area contributed by atoms with E-state index in [1.165, 1.54) is 34.9 Å². The molecule has 5 aromatic rings. The van der Waals surface area contributed by atoms with Crippen LogP contribution in [0.3, 0.4) is 0 Å². The molecule has 0 spiro atoms. The van der Waals surface area contributed by atoms with Crippen LogP contribution >= 0.6 is 34.9 Å². The van der Waals surface area contributed by atoms with Crippen LogP contribution in [0.2, 0.25) is 0 Å². The van der Waals surface area contributed by atoms with Crippen LogP contribution in [-0.2, 0) is 16.6 Å². The number of aromatic nitrogens is 3. The summed E-state index contributed by atoms with van der Waals surface area (Å²) in [6.45, 7) is 3.33. The number of rotatable bonds is 7. The number of thioether (sulfide) groups is 2. The molecule has 48 heavy (non-hydrogen) atoms. The van der Waals surface area contributed by atoms with Crippen LogP contribution in [-0.4, -0.2) is 43.4 Å². The highest BCUT2D eigenvalue weighted by molar-refractivity contribution is 8.22. The van der Waals surface area contributed by atoms with Crippen molar-refractivity contribution in [2.75, 3.05) is 17.0 Å². The Bertz CT molecular complexity index is 2220. The highest BCUT2D eigenvalue weighted by Gasteiger charge is 2.41. The molecule has 1 fully saturated rings. The number of hydrazone groups is 1. The third-order valence-electron chi connectivity index (χ3n) is 7.68. The van der Waals surface area contributed by atoms with Gasteiger partial charge in [0.25, 0.3) is 11.5 Å². The molecule has 0 aliphatic carbocycles. The fourth-order valence-electron chi connectivity index (χ4n) is 5.23. The minimum Gasteiger partial charge on any atom is -0.497 e. The number of hydrogen-bond donors (Lipinski definition) is 0. The molecule has 0 atom stereocenters. The summed E-state index contributed by atoms with van der Waals surface area (Å²) in [6, 6.07) is 25.9. The lowest BCUT2D eigenvalue weighted by Gasteiger charge is -2.17. The van der Waals surface area contributed by atoms with Gasteiger partial charge in [-0.2, -0.15) is 10.1 Å². The number of benzene rings is 3. The van der Waals surface area contributed by atoms with Gasteiger partial charge in [0.15, 0.2) is 16.0 Å². The van der Waals surface area contributed by atoms with E-state index < -0.39 is 0 Å². The summed E-state index contributed by atoms with van der Waals surface area (Å²) in [7, 11) is 3.42. The van der Waals surface area contributed by atoms with E-state index in [2.05, 4.69) is 5.10 Å². The number of carbonyl (C=O) groups excluding carboxylic acids is 2. The van der Waals surface area contributed by atoms with Crippen molar-refractivity contribution in [1.82, 2.24) is 14.3 Å². The first-order valence-corrected chi connectivity index (χ1v) is 17.2. The molecule has 0 saturated carbocycles. The first kappa shape index (κ1) is 31.4. The Kier molecular flexibility index (Phi) is 8.37. The molecular weight excluding hydrogens is 667 g/mol. The van der Waals surface area contributed by atoms with Crippen LogP contribution in [0.1, 0.15) is 12.6 Å². The van der Waals surface area contributed by atoms with E-state index in [1.54, 1.807) is 34.3 Å². The number of hydrogen-bond acceptors (Lipinski definition) is 11. The van der Waals surface area contributed by atoms with Crippen molar-refractivity contribution < 1.29 is 14.3 Å². The Morgan fingerprint density at radius 2 is 1.54 bits per heavy atom. The first-order valence-electron chi connectivity index (χ1n) is 14.7. The van der Waals surface area contributed by atoms with Crippen LogP contribution in [0.15, 0.2) is 115 Å². The molecule has 3 aromatic carbocycles. The molecule has 0 bridgehead atoms. The van der Waals surface area contributed by atoms with Crippen LogP contribution in [0.4, 0.5) is 16.5 Å². The molecular formula is C34H27N7O4S3. The summed E-state index contributed by atoms with van der Waals surface area (Å²) in [5, 5.41) is 9.49. The van der Waals surface area contributed by atoms with Crippen molar-refractivity contribution >= 4 is 73.3 Å². The van der Waals surface area contributed by atoms with E-state index in [0.717, 1.165) is 23.1 Å². The minimum absolute atomic E-state index is 0.188. The van der Waals surface area contributed by atoms with Crippen molar-refractivity contribution in [3.05, 3.63) is 116 Å². The zero-order valence-corrected chi connectivity index (χ0v) is 28.6. The zero-order valence-electron chi connectivity index (χ0n) is 26.1. The highest BCUT2D eigenvalue weighted by atomic mass is 32.2. The molecule has 2 aliphatic rings. The van der Waals surface area contributed by atoms with Crippen LogP contribution < -0.4 is 20.2 Å². The van der Waals surface area contributed by atoms with Gasteiger partial charge in [-0.05, 0) is 79.0 Å². The lowest BCUT2D eigenvalue weighted by molar-refractivity contribution is -0.113. The van der Waals surface area contributed by atoms with Gasteiger partial charge < -0.3 is 4.74 Å². The Balaban J connectivity index is 1.30. The number of nitrogens with zero attached hydrogens (tertiary/aromatic N) is 7. The Hall–Kier alpha value is -5.18. The molecule has 1 amide bonds. The van der Waals surface area contributed by atoms with Crippen LogP contribution in [0.25, 0.3) is 16.9 Å². The van der Waals surface area contributed by atoms with E-state index in [9.17, 15) is 14.4 Å². The van der Waals surface area contributed by atoms with Crippen molar-refractivity contribution in [2.45, 2.75) is 13.8 Å². The smallest absolute Gasteiger partial charge is 0.281 e. The van der Waals surface area contributed by atoms with Gasteiger partial charge in [-0.3, -0.25) is 24.0 Å². The van der Waals surface area contributed by atoms with E-state index in [4.69, 9.17) is 14.7 Å². The van der Waals surface area contributed by atoms with E-state index in [-0.39, 0.29) is 22.3 Å². The summed E-state index contributed by atoms with van der Waals surface area (Å²) in [6.07, 6.45) is 0. The monoisotopic (exact) mass is 693 g/mol. The van der Waals surface area contributed by atoms with Gasteiger partial charge in [0, 0.05) is 25.0 Å². The SMILES string of the molecule is COc1ccc(N2N=C(C(C)=O)S/C2=C2/S/C(=N/c3nc(-c4c(C)n(C)n(-c5ccccc5)c4=O)cs3)N(c3ccccc3)C2=O)cc1. The normalized spacial score (nSPS) is 17.0. The van der Waals surface area contributed by atoms with Gasteiger partial charge in [0.1, 0.15) is 15.7 Å². The molecule has 0 unspecified atom stereocenters. The highest BCUT2D eigenvalue weighted by Crippen LogP contribution is 2.46. The van der Waals surface area contributed by atoms with Gasteiger partial charge in [-0.1, -0.05) is 36.4 Å². The Morgan fingerprint density at radius 3 is 2.19 bits per heavy atom. The number of ether oxygens (including phenoxy) is 1. The van der Waals surface area contributed by atoms with E-state index in [1.807, 2.05) is 91.4 Å². The van der Waals surface area contributed by atoms with Gasteiger partial charge >= 0.3 is 0 Å². The number of para-hydroxylation sites is 2. The maximum Gasteiger partial charge on any atom is 0.281 e. The molecule has 0 N–H and O–H groups in total. The fraction of sp³-hybridized carbons (Fsp3) is 0.118. The third kappa shape index (κ3) is 5.57. The van der Waals surface area contributed by atoms with Crippen molar-refractivity contribution in [1.29, 1.82) is 0 Å². The van der Waals surface area contributed by atoms with Crippen LogP contribution in [0, 0.1) is 6.92 Å². The molecule has 11 nitrogen and oxygen atoms in total. The minimum atomic E-state index is -0.313. The topological polar surface area (TPSA) is 114 Å².